The molecule has 2 atom stereocenters. The predicted molar refractivity (Wildman–Crippen MR) is 91.4 cm³/mol. The van der Waals surface area contributed by atoms with Crippen LogP contribution >= 0.6 is 0 Å². The molecule has 4 nitrogen and oxygen atoms in total. The summed E-state index contributed by atoms with van der Waals surface area (Å²) in [6, 6.07) is 8.04. The van der Waals surface area contributed by atoms with Crippen molar-refractivity contribution in [2.24, 2.45) is 5.92 Å². The Morgan fingerprint density at radius 1 is 1.26 bits per heavy atom. The lowest BCUT2D eigenvalue weighted by atomic mass is 9.99. The van der Waals surface area contributed by atoms with Gasteiger partial charge in [0.25, 0.3) is 5.91 Å². The van der Waals surface area contributed by atoms with Gasteiger partial charge in [0.05, 0.1) is 6.10 Å². The fraction of sp³-hybridized carbons (Fsp3) is 0.632. The van der Waals surface area contributed by atoms with Crippen LogP contribution in [0.3, 0.4) is 0 Å². The van der Waals surface area contributed by atoms with Crippen LogP contribution in [0.25, 0.3) is 0 Å². The van der Waals surface area contributed by atoms with E-state index >= 15 is 0 Å². The fourth-order valence-corrected chi connectivity index (χ4v) is 3.56. The zero-order valence-corrected chi connectivity index (χ0v) is 14.1. The molecule has 0 spiro atoms. The van der Waals surface area contributed by atoms with Gasteiger partial charge in [0.15, 0.2) is 0 Å². The van der Waals surface area contributed by atoms with Gasteiger partial charge in [-0.1, -0.05) is 19.1 Å². The quantitative estimate of drug-likeness (QED) is 0.908. The summed E-state index contributed by atoms with van der Waals surface area (Å²) in [6.45, 7) is 7.13. The molecule has 23 heavy (non-hydrogen) atoms. The smallest absolute Gasteiger partial charge is 0.251 e. The van der Waals surface area contributed by atoms with Gasteiger partial charge in [-0.05, 0) is 55.8 Å². The lowest BCUT2D eigenvalue weighted by Crippen LogP contribution is -2.33. The molecule has 2 saturated heterocycles. The van der Waals surface area contributed by atoms with Crippen molar-refractivity contribution in [3.05, 3.63) is 35.4 Å². The maximum absolute atomic E-state index is 12.2. The van der Waals surface area contributed by atoms with E-state index in [0.717, 1.165) is 37.5 Å². The fourth-order valence-electron chi connectivity index (χ4n) is 3.56. The summed E-state index contributed by atoms with van der Waals surface area (Å²) >= 11 is 0. The Morgan fingerprint density at radius 2 is 2.09 bits per heavy atom. The van der Waals surface area contributed by atoms with Crippen molar-refractivity contribution in [3.63, 3.8) is 0 Å². The summed E-state index contributed by atoms with van der Waals surface area (Å²) in [5.41, 5.74) is 2.02. The number of nitrogens with one attached hydrogen (secondary N) is 1. The maximum Gasteiger partial charge on any atom is 0.251 e. The minimum absolute atomic E-state index is 0.00125. The highest BCUT2D eigenvalue weighted by molar-refractivity contribution is 5.94. The molecule has 0 aromatic heterocycles. The summed E-state index contributed by atoms with van der Waals surface area (Å²) in [7, 11) is 0. The highest BCUT2D eigenvalue weighted by Crippen LogP contribution is 2.18. The topological polar surface area (TPSA) is 41.6 Å². The zero-order chi connectivity index (χ0) is 16.1. The van der Waals surface area contributed by atoms with E-state index in [4.69, 9.17) is 4.74 Å². The zero-order valence-electron chi connectivity index (χ0n) is 14.1. The number of hydrogen-bond donors (Lipinski definition) is 1. The van der Waals surface area contributed by atoms with Crippen molar-refractivity contribution in [3.8, 4) is 0 Å². The molecule has 1 aromatic carbocycles. The highest BCUT2D eigenvalue weighted by Gasteiger charge is 2.18. The first kappa shape index (κ1) is 16.5. The summed E-state index contributed by atoms with van der Waals surface area (Å²) in [6.07, 6.45) is 4.99. The van der Waals surface area contributed by atoms with Gasteiger partial charge >= 0.3 is 0 Å². The monoisotopic (exact) mass is 316 g/mol. The van der Waals surface area contributed by atoms with Gasteiger partial charge in [-0.2, -0.15) is 0 Å². The van der Waals surface area contributed by atoms with Crippen LogP contribution < -0.4 is 5.32 Å². The van der Waals surface area contributed by atoms with Gasteiger partial charge in [-0.15, -0.1) is 0 Å². The van der Waals surface area contributed by atoms with Gasteiger partial charge in [0.1, 0.15) is 0 Å². The van der Waals surface area contributed by atoms with Crippen molar-refractivity contribution in [2.75, 3.05) is 26.2 Å². The molecule has 0 unspecified atom stereocenters. The summed E-state index contributed by atoms with van der Waals surface area (Å²) < 4.78 is 5.53. The van der Waals surface area contributed by atoms with E-state index in [9.17, 15) is 4.79 Å². The highest BCUT2D eigenvalue weighted by atomic mass is 16.5. The molecule has 0 bridgehead atoms. The van der Waals surface area contributed by atoms with Gasteiger partial charge in [-0.25, -0.2) is 0 Å². The number of ether oxygens (including phenoxy) is 1. The van der Waals surface area contributed by atoms with Crippen LogP contribution in [0, 0.1) is 5.92 Å². The van der Waals surface area contributed by atoms with E-state index in [1.807, 2.05) is 12.1 Å². The van der Waals surface area contributed by atoms with Crippen LogP contribution in [0.1, 0.15) is 48.5 Å². The Balaban J connectivity index is 1.48. The molecule has 4 heteroatoms. The number of likely N-dealkylation sites (tertiary alicyclic amines) is 1. The normalized spacial score (nSPS) is 25.4. The average molecular weight is 316 g/mol. The molecule has 0 saturated carbocycles. The Kier molecular flexibility index (Phi) is 5.68. The van der Waals surface area contributed by atoms with Crippen LogP contribution in [0.4, 0.5) is 0 Å². The Hall–Kier alpha value is -1.39. The molecular formula is C19H28N2O2. The second kappa shape index (κ2) is 7.93. The Morgan fingerprint density at radius 3 is 2.78 bits per heavy atom. The minimum Gasteiger partial charge on any atom is -0.376 e. The number of rotatable bonds is 5. The third-order valence-corrected chi connectivity index (χ3v) is 4.88. The molecule has 2 fully saturated rings. The van der Waals surface area contributed by atoms with E-state index in [1.54, 1.807) is 0 Å². The molecule has 3 rings (SSSR count). The van der Waals surface area contributed by atoms with Gasteiger partial charge < -0.3 is 10.1 Å². The second-order valence-corrected chi connectivity index (χ2v) is 7.02. The SMILES string of the molecule is C[C@H]1CCCN(Cc2ccc(C(=O)NC[C@H]3CCCO3)cc2)C1. The number of amides is 1. The van der Waals surface area contributed by atoms with Gasteiger partial charge in [0.2, 0.25) is 0 Å². The standard InChI is InChI=1S/C19H28N2O2/c1-15-4-2-10-21(13-15)14-16-6-8-17(9-7-16)19(22)20-12-18-5-3-11-23-18/h6-9,15,18H,2-5,10-14H2,1H3,(H,20,22)/t15-,18+/m0/s1. The van der Waals surface area contributed by atoms with E-state index in [0.29, 0.717) is 6.54 Å². The van der Waals surface area contributed by atoms with Crippen molar-refractivity contribution < 1.29 is 9.53 Å². The van der Waals surface area contributed by atoms with Crippen LogP contribution in [0.15, 0.2) is 24.3 Å². The van der Waals surface area contributed by atoms with Gasteiger partial charge in [-0.3, -0.25) is 9.69 Å². The Bertz CT molecular complexity index is 509. The van der Waals surface area contributed by atoms with E-state index < -0.39 is 0 Å². The first-order valence-electron chi connectivity index (χ1n) is 8.92. The predicted octanol–water partition coefficient (Wildman–Crippen LogP) is 2.83. The molecule has 0 aliphatic carbocycles. The summed E-state index contributed by atoms with van der Waals surface area (Å²) in [5.74, 6) is 0.797. The molecule has 1 aromatic rings. The lowest BCUT2D eigenvalue weighted by molar-refractivity contribution is 0.0858. The molecule has 2 heterocycles. The van der Waals surface area contributed by atoms with Crippen molar-refractivity contribution in [1.82, 2.24) is 10.2 Å². The molecular weight excluding hydrogens is 288 g/mol. The first-order valence-corrected chi connectivity index (χ1v) is 8.92. The third-order valence-electron chi connectivity index (χ3n) is 4.88. The number of carbonyl (C=O) groups is 1. The molecule has 2 aliphatic rings. The summed E-state index contributed by atoms with van der Waals surface area (Å²) in [5, 5.41) is 2.97. The molecule has 126 valence electrons. The largest absolute Gasteiger partial charge is 0.376 e. The third kappa shape index (κ3) is 4.79. The number of benzene rings is 1. The van der Waals surface area contributed by atoms with Crippen LogP contribution in [-0.4, -0.2) is 43.2 Å². The average Bonchev–Trinajstić information content (AvgIpc) is 3.07. The molecule has 1 N–H and O–H groups in total. The van der Waals surface area contributed by atoms with Crippen LogP contribution in [-0.2, 0) is 11.3 Å². The van der Waals surface area contributed by atoms with E-state index in [-0.39, 0.29) is 12.0 Å². The number of nitrogens with zero attached hydrogens (tertiary/aromatic N) is 1. The van der Waals surface area contributed by atoms with Crippen molar-refractivity contribution in [1.29, 1.82) is 0 Å². The number of carbonyl (C=O) groups excluding carboxylic acids is 1. The lowest BCUT2D eigenvalue weighted by Gasteiger charge is -2.30. The van der Waals surface area contributed by atoms with Gasteiger partial charge in [0, 0.05) is 31.8 Å². The van der Waals surface area contributed by atoms with Crippen molar-refractivity contribution in [2.45, 2.75) is 45.3 Å². The van der Waals surface area contributed by atoms with Crippen molar-refractivity contribution >= 4 is 5.91 Å². The second-order valence-electron chi connectivity index (χ2n) is 7.02. The number of piperidine rings is 1. The Labute approximate surface area is 139 Å². The van der Waals surface area contributed by atoms with Crippen LogP contribution in [0.5, 0.6) is 0 Å². The van der Waals surface area contributed by atoms with Crippen LogP contribution in [0.2, 0.25) is 0 Å². The summed E-state index contributed by atoms with van der Waals surface area (Å²) in [4.78, 5) is 14.7. The first-order chi connectivity index (χ1) is 11.2. The molecule has 1 amide bonds. The molecule has 2 aliphatic heterocycles. The number of hydrogen-bond acceptors (Lipinski definition) is 3. The van der Waals surface area contributed by atoms with E-state index in [2.05, 4.69) is 29.3 Å². The maximum atomic E-state index is 12.2. The van der Waals surface area contributed by atoms with E-state index in [1.165, 1.54) is 31.5 Å². The molecule has 0 radical (unpaired) electrons. The minimum atomic E-state index is -0.00125.